The highest BCUT2D eigenvalue weighted by Crippen LogP contribution is 2.44. The number of rotatable bonds is 3. The van der Waals surface area contributed by atoms with Crippen LogP contribution in [0, 0.1) is 23.2 Å². The van der Waals surface area contributed by atoms with Crippen LogP contribution in [0.2, 0.25) is 0 Å². The van der Waals surface area contributed by atoms with Gasteiger partial charge in [0, 0.05) is 5.03 Å². The zero-order valence-electron chi connectivity index (χ0n) is 14.3. The molecule has 0 aromatic carbocycles. The molecule has 114 valence electrons. The lowest BCUT2D eigenvalue weighted by Crippen LogP contribution is -2.24. The van der Waals surface area contributed by atoms with E-state index in [0.717, 1.165) is 17.9 Å². The molecule has 0 saturated carbocycles. The second kappa shape index (κ2) is 6.98. The Hall–Kier alpha value is -0.490. The Kier molecular flexibility index (Phi) is 6.13. The van der Waals surface area contributed by atoms with E-state index in [-0.39, 0.29) is 0 Å². The highest BCUT2D eigenvalue weighted by atomic mass is 35.5. The molecule has 1 atom stereocenters. The molecule has 0 heterocycles. The first kappa shape index (κ1) is 17.6. The fourth-order valence-electron chi connectivity index (χ4n) is 2.59. The summed E-state index contributed by atoms with van der Waals surface area (Å²) in [6.45, 7) is 15.9. The van der Waals surface area contributed by atoms with Crippen LogP contribution in [0.25, 0.3) is 0 Å². The van der Waals surface area contributed by atoms with Gasteiger partial charge in [0.25, 0.3) is 0 Å². The molecular weight excluding hydrogens is 264 g/mol. The molecule has 0 aromatic rings. The van der Waals surface area contributed by atoms with Crippen molar-refractivity contribution < 1.29 is 0 Å². The average Bonchev–Trinajstić information content (AvgIpc) is 2.27. The van der Waals surface area contributed by atoms with E-state index < -0.39 is 0 Å². The van der Waals surface area contributed by atoms with Crippen LogP contribution in [0.4, 0.5) is 0 Å². The van der Waals surface area contributed by atoms with Gasteiger partial charge in [0.15, 0.2) is 0 Å². The lowest BCUT2D eigenvalue weighted by molar-refractivity contribution is 0.233. The number of allylic oxidation sites excluding steroid dienone is 6. The van der Waals surface area contributed by atoms with Crippen molar-refractivity contribution in [3.05, 3.63) is 34.4 Å². The lowest BCUT2D eigenvalue weighted by Gasteiger charge is -2.36. The fraction of sp³-hybridized carbons (Fsp3) is 0.684. The van der Waals surface area contributed by atoms with E-state index in [9.17, 15) is 0 Å². The molecule has 0 amide bonds. The Labute approximate surface area is 131 Å². The monoisotopic (exact) mass is 294 g/mol. The summed E-state index contributed by atoms with van der Waals surface area (Å²) < 4.78 is 0. The van der Waals surface area contributed by atoms with Crippen molar-refractivity contribution in [1.29, 1.82) is 0 Å². The zero-order valence-corrected chi connectivity index (χ0v) is 15.0. The molecule has 0 nitrogen and oxygen atoms in total. The van der Waals surface area contributed by atoms with E-state index in [1.54, 1.807) is 0 Å². The molecule has 1 aliphatic carbocycles. The van der Waals surface area contributed by atoms with Crippen molar-refractivity contribution in [3.8, 4) is 0 Å². The van der Waals surface area contributed by atoms with Gasteiger partial charge in [-0.3, -0.25) is 0 Å². The topological polar surface area (TPSA) is 0 Å². The van der Waals surface area contributed by atoms with E-state index in [1.807, 2.05) is 0 Å². The van der Waals surface area contributed by atoms with Gasteiger partial charge in [-0.1, -0.05) is 78.3 Å². The largest absolute Gasteiger partial charge is 0.0838 e. The molecule has 0 bridgehead atoms. The van der Waals surface area contributed by atoms with Gasteiger partial charge in [0.1, 0.15) is 0 Å². The Morgan fingerprint density at radius 2 is 1.65 bits per heavy atom. The fourth-order valence-corrected chi connectivity index (χ4v) is 2.87. The van der Waals surface area contributed by atoms with Gasteiger partial charge in [-0.25, -0.2) is 0 Å². The van der Waals surface area contributed by atoms with Crippen LogP contribution in [0.5, 0.6) is 0 Å². The molecule has 0 radical (unpaired) electrons. The van der Waals surface area contributed by atoms with Gasteiger partial charge in [0.2, 0.25) is 0 Å². The first-order valence-corrected chi connectivity index (χ1v) is 8.27. The lowest BCUT2D eigenvalue weighted by atomic mass is 9.70. The number of halogens is 1. The number of hydrogen-bond donors (Lipinski definition) is 0. The predicted molar refractivity (Wildman–Crippen MR) is 92.0 cm³/mol. The summed E-state index contributed by atoms with van der Waals surface area (Å²) in [5.74, 6) is 1.79. The van der Waals surface area contributed by atoms with Crippen LogP contribution in [0.3, 0.4) is 0 Å². The van der Waals surface area contributed by atoms with Crippen LogP contribution >= 0.6 is 11.6 Å². The first-order chi connectivity index (χ1) is 9.11. The Bertz CT molecular complexity index is 414. The predicted octanol–water partition coefficient (Wildman–Crippen LogP) is 6.73. The standard InChI is InChI=1S/C19H31Cl/c1-13(2)8-9-15-11-17(19(5,6)7)12-16(18(15)20)10-14(3)4/h8-10,13-14,17H,11-12H2,1-7H3/b9-8+,16-10+. The summed E-state index contributed by atoms with van der Waals surface area (Å²) in [5, 5.41) is 0.996. The molecule has 0 aromatic heterocycles. The minimum Gasteiger partial charge on any atom is -0.0838 e. The summed E-state index contributed by atoms with van der Waals surface area (Å²) in [7, 11) is 0. The highest BCUT2D eigenvalue weighted by Gasteiger charge is 2.31. The van der Waals surface area contributed by atoms with Crippen LogP contribution in [0.15, 0.2) is 34.4 Å². The summed E-state index contributed by atoms with van der Waals surface area (Å²) in [5.41, 5.74) is 2.99. The molecular formula is C19H31Cl. The maximum Gasteiger partial charge on any atom is 0.0467 e. The second-order valence-electron chi connectivity index (χ2n) is 7.85. The maximum atomic E-state index is 6.65. The molecule has 1 unspecified atom stereocenters. The zero-order chi connectivity index (χ0) is 15.5. The molecule has 0 spiro atoms. The Balaban J connectivity index is 3.15. The second-order valence-corrected chi connectivity index (χ2v) is 8.23. The van der Waals surface area contributed by atoms with Crippen molar-refractivity contribution in [3.63, 3.8) is 0 Å². The van der Waals surface area contributed by atoms with E-state index in [2.05, 4.69) is 66.7 Å². The van der Waals surface area contributed by atoms with Gasteiger partial charge in [-0.2, -0.15) is 0 Å². The molecule has 1 rings (SSSR count). The first-order valence-electron chi connectivity index (χ1n) is 7.89. The smallest absolute Gasteiger partial charge is 0.0467 e. The molecule has 20 heavy (non-hydrogen) atoms. The van der Waals surface area contributed by atoms with Crippen molar-refractivity contribution >= 4 is 11.6 Å². The van der Waals surface area contributed by atoms with Crippen LogP contribution in [0.1, 0.15) is 61.3 Å². The summed E-state index contributed by atoms with van der Waals surface area (Å²) in [6.07, 6.45) is 9.05. The van der Waals surface area contributed by atoms with Crippen molar-refractivity contribution in [1.82, 2.24) is 0 Å². The molecule has 0 aliphatic heterocycles. The van der Waals surface area contributed by atoms with E-state index >= 15 is 0 Å². The highest BCUT2D eigenvalue weighted by molar-refractivity contribution is 6.32. The van der Waals surface area contributed by atoms with E-state index in [1.165, 1.54) is 11.1 Å². The molecule has 0 fully saturated rings. The van der Waals surface area contributed by atoms with E-state index in [0.29, 0.717) is 23.2 Å². The van der Waals surface area contributed by atoms with Crippen molar-refractivity contribution in [2.24, 2.45) is 23.2 Å². The molecule has 1 heteroatoms. The summed E-state index contributed by atoms with van der Waals surface area (Å²) >= 11 is 6.65. The minimum absolute atomic E-state index is 0.324. The normalized spacial score (nSPS) is 23.7. The summed E-state index contributed by atoms with van der Waals surface area (Å²) in [6, 6.07) is 0. The summed E-state index contributed by atoms with van der Waals surface area (Å²) in [4.78, 5) is 0. The number of hydrogen-bond acceptors (Lipinski definition) is 0. The van der Waals surface area contributed by atoms with Gasteiger partial charge < -0.3 is 0 Å². The molecule has 0 N–H and O–H groups in total. The maximum absolute atomic E-state index is 6.65. The molecule has 1 aliphatic rings. The Morgan fingerprint density at radius 1 is 1.05 bits per heavy atom. The third-order valence-electron chi connectivity index (χ3n) is 3.94. The quantitative estimate of drug-likeness (QED) is 0.541. The van der Waals surface area contributed by atoms with E-state index in [4.69, 9.17) is 11.6 Å². The van der Waals surface area contributed by atoms with Gasteiger partial charge in [-0.15, -0.1) is 0 Å². The third kappa shape index (κ3) is 5.13. The average molecular weight is 295 g/mol. The van der Waals surface area contributed by atoms with Gasteiger partial charge >= 0.3 is 0 Å². The van der Waals surface area contributed by atoms with Crippen LogP contribution in [-0.2, 0) is 0 Å². The van der Waals surface area contributed by atoms with Crippen molar-refractivity contribution in [2.45, 2.75) is 61.3 Å². The minimum atomic E-state index is 0.324. The van der Waals surface area contributed by atoms with Gasteiger partial charge in [-0.05, 0) is 47.2 Å². The van der Waals surface area contributed by atoms with Crippen molar-refractivity contribution in [2.75, 3.05) is 0 Å². The third-order valence-corrected chi connectivity index (χ3v) is 4.42. The SMILES string of the molecule is CC(C)/C=C/C1=C(Cl)C(=C/C(C)C)/CC(C(C)(C)C)C1. The van der Waals surface area contributed by atoms with Crippen LogP contribution < -0.4 is 0 Å². The van der Waals surface area contributed by atoms with Gasteiger partial charge in [0.05, 0.1) is 0 Å². The van der Waals surface area contributed by atoms with Crippen LogP contribution in [-0.4, -0.2) is 0 Å². The molecule has 0 saturated heterocycles. The Morgan fingerprint density at radius 3 is 2.10 bits per heavy atom.